The van der Waals surface area contributed by atoms with Crippen LogP contribution in [-0.4, -0.2) is 25.1 Å². The zero-order valence-electron chi connectivity index (χ0n) is 19.3. The second-order valence-corrected chi connectivity index (χ2v) is 8.54. The molecule has 2 aromatic heterocycles. The number of aromatic nitrogens is 4. The van der Waals surface area contributed by atoms with Crippen molar-refractivity contribution < 1.29 is 18.0 Å². The summed E-state index contributed by atoms with van der Waals surface area (Å²) in [5.41, 5.74) is 2.02. The van der Waals surface area contributed by atoms with Crippen LogP contribution in [0.2, 0.25) is 0 Å². The van der Waals surface area contributed by atoms with Gasteiger partial charge in [0, 0.05) is 0 Å². The van der Waals surface area contributed by atoms with Crippen LogP contribution in [0.5, 0.6) is 0 Å². The van der Waals surface area contributed by atoms with Crippen molar-refractivity contribution in [3.63, 3.8) is 0 Å². The quantitative estimate of drug-likeness (QED) is 0.385. The topological polar surface area (TPSA) is 81.3 Å². The molecule has 0 aliphatic heterocycles. The van der Waals surface area contributed by atoms with Crippen molar-refractivity contribution in [1.82, 2.24) is 19.2 Å². The Hall–Kier alpha value is -4.47. The van der Waals surface area contributed by atoms with E-state index in [9.17, 15) is 22.8 Å². The van der Waals surface area contributed by atoms with Gasteiger partial charge in [-0.3, -0.25) is 14.2 Å². The Labute approximate surface area is 202 Å². The van der Waals surface area contributed by atoms with E-state index >= 15 is 0 Å². The third kappa shape index (κ3) is 4.21. The van der Waals surface area contributed by atoms with Crippen molar-refractivity contribution >= 4 is 28.3 Å². The number of alkyl halides is 3. The number of anilines is 1. The van der Waals surface area contributed by atoms with E-state index in [0.29, 0.717) is 11.0 Å². The van der Waals surface area contributed by atoms with Crippen LogP contribution in [0.3, 0.4) is 0 Å². The van der Waals surface area contributed by atoms with Crippen molar-refractivity contribution in [3.05, 3.63) is 105 Å². The van der Waals surface area contributed by atoms with Crippen molar-refractivity contribution in [2.45, 2.75) is 26.6 Å². The van der Waals surface area contributed by atoms with Gasteiger partial charge in [-0.25, -0.2) is 4.52 Å². The molecule has 0 fully saturated rings. The normalized spacial score (nSPS) is 11.8. The highest BCUT2D eigenvalue weighted by atomic mass is 19.4. The predicted octanol–water partition coefficient (Wildman–Crippen LogP) is 4.98. The molecule has 5 aromatic rings. The van der Waals surface area contributed by atoms with E-state index in [4.69, 9.17) is 0 Å². The van der Waals surface area contributed by atoms with Crippen LogP contribution in [0.25, 0.3) is 16.7 Å². The smallest absolute Gasteiger partial charge is 0.319 e. The molecule has 5 rings (SSSR count). The van der Waals surface area contributed by atoms with Crippen molar-refractivity contribution in [1.29, 1.82) is 0 Å². The molecule has 10 heteroatoms. The lowest BCUT2D eigenvalue weighted by molar-refractivity contribution is -0.136. The van der Waals surface area contributed by atoms with Gasteiger partial charge in [0.05, 0.1) is 28.8 Å². The lowest BCUT2D eigenvalue weighted by atomic mass is 10.1. The van der Waals surface area contributed by atoms with E-state index in [-0.39, 0.29) is 12.2 Å². The first kappa shape index (κ1) is 23.3. The summed E-state index contributed by atoms with van der Waals surface area (Å²) in [7, 11) is 0. The van der Waals surface area contributed by atoms with Gasteiger partial charge >= 0.3 is 6.18 Å². The second kappa shape index (κ2) is 8.63. The van der Waals surface area contributed by atoms with Gasteiger partial charge in [-0.05, 0) is 49.2 Å². The van der Waals surface area contributed by atoms with Crippen molar-refractivity contribution in [2.24, 2.45) is 0 Å². The number of nitrogens with zero attached hydrogens (tertiary/aromatic N) is 4. The molecule has 0 saturated carbocycles. The van der Waals surface area contributed by atoms with Crippen LogP contribution in [0.15, 0.2) is 71.5 Å². The summed E-state index contributed by atoms with van der Waals surface area (Å²) in [6, 6.07) is 17.8. The van der Waals surface area contributed by atoms with E-state index in [2.05, 4.69) is 15.4 Å². The summed E-state index contributed by atoms with van der Waals surface area (Å²) >= 11 is 0. The molecule has 0 unspecified atom stereocenters. The molecule has 0 saturated heterocycles. The molecular weight excluding hydrogens is 471 g/mol. The monoisotopic (exact) mass is 491 g/mol. The average Bonchev–Trinajstić information content (AvgIpc) is 3.29. The maximum absolute atomic E-state index is 13.5. The summed E-state index contributed by atoms with van der Waals surface area (Å²) in [6.07, 6.45) is -4.66. The number of nitrogens with one attached hydrogen (secondary N) is 1. The second-order valence-electron chi connectivity index (χ2n) is 8.54. The molecule has 36 heavy (non-hydrogen) atoms. The van der Waals surface area contributed by atoms with Gasteiger partial charge in [-0.2, -0.15) is 18.2 Å². The van der Waals surface area contributed by atoms with Gasteiger partial charge in [0.15, 0.2) is 0 Å². The molecule has 3 aromatic carbocycles. The maximum Gasteiger partial charge on any atom is 0.418 e. The standard InChI is InChI=1S/C26H20F3N5O2/c1-15-7-10-17(11-8-15)14-33-21-13-16(2)9-12-20(21)34-23(25(33)36)31-22(32-34)24(35)30-19-6-4-3-5-18(19)26(27,28)29/h3-13H,14H2,1-2H3,(H,30,35). The fourth-order valence-electron chi connectivity index (χ4n) is 4.02. The Morgan fingerprint density at radius 3 is 2.36 bits per heavy atom. The molecule has 0 bridgehead atoms. The van der Waals surface area contributed by atoms with E-state index in [1.54, 1.807) is 10.6 Å². The van der Waals surface area contributed by atoms with Crippen LogP contribution in [0.4, 0.5) is 18.9 Å². The fraction of sp³-hybridized carbons (Fsp3) is 0.154. The van der Waals surface area contributed by atoms with Gasteiger partial charge < -0.3 is 5.32 Å². The van der Waals surface area contributed by atoms with Crippen LogP contribution >= 0.6 is 0 Å². The Kier molecular flexibility index (Phi) is 5.58. The van der Waals surface area contributed by atoms with Crippen LogP contribution in [-0.2, 0) is 12.7 Å². The summed E-state index contributed by atoms with van der Waals surface area (Å²) in [5.74, 6) is -1.38. The highest BCUT2D eigenvalue weighted by molar-refractivity contribution is 6.02. The number of aryl methyl sites for hydroxylation is 2. The molecule has 1 N–H and O–H groups in total. The molecule has 2 heterocycles. The molecule has 182 valence electrons. The predicted molar refractivity (Wildman–Crippen MR) is 129 cm³/mol. The first-order chi connectivity index (χ1) is 17.1. The molecule has 0 aliphatic rings. The molecule has 0 aliphatic carbocycles. The average molecular weight is 491 g/mol. The lowest BCUT2D eigenvalue weighted by Crippen LogP contribution is -2.24. The summed E-state index contributed by atoms with van der Waals surface area (Å²) in [4.78, 5) is 30.4. The van der Waals surface area contributed by atoms with E-state index in [1.165, 1.54) is 16.6 Å². The lowest BCUT2D eigenvalue weighted by Gasteiger charge is -2.12. The molecule has 0 radical (unpaired) electrons. The number of halogens is 3. The number of carbonyl (C=O) groups is 1. The van der Waals surface area contributed by atoms with Crippen LogP contribution < -0.4 is 10.9 Å². The first-order valence-corrected chi connectivity index (χ1v) is 11.0. The summed E-state index contributed by atoms with van der Waals surface area (Å²) < 4.78 is 42.8. The SMILES string of the molecule is Cc1ccc(Cn2c(=O)c3nc(C(=O)Nc4ccccc4C(F)(F)F)nn3c3ccc(C)cc32)cc1. The Balaban J connectivity index is 1.62. The van der Waals surface area contributed by atoms with Crippen molar-refractivity contribution in [3.8, 4) is 0 Å². The number of fused-ring (bicyclic) bond motifs is 3. The number of hydrogen-bond donors (Lipinski definition) is 1. The molecule has 0 spiro atoms. The zero-order chi connectivity index (χ0) is 25.6. The minimum Gasteiger partial charge on any atom is -0.319 e. The number of hydrogen-bond acceptors (Lipinski definition) is 4. The highest BCUT2D eigenvalue weighted by Gasteiger charge is 2.34. The van der Waals surface area contributed by atoms with Gasteiger partial charge in [0.25, 0.3) is 11.5 Å². The summed E-state index contributed by atoms with van der Waals surface area (Å²) in [6.45, 7) is 4.13. The Bertz CT molecular complexity index is 1690. The summed E-state index contributed by atoms with van der Waals surface area (Å²) in [5, 5.41) is 6.40. The minimum atomic E-state index is -4.66. The van der Waals surface area contributed by atoms with Gasteiger partial charge in [-0.15, -0.1) is 5.10 Å². The van der Waals surface area contributed by atoms with Crippen molar-refractivity contribution in [2.75, 3.05) is 5.32 Å². The number of rotatable bonds is 4. The highest BCUT2D eigenvalue weighted by Crippen LogP contribution is 2.34. The molecule has 0 atom stereocenters. The number of benzene rings is 3. The van der Waals surface area contributed by atoms with Gasteiger partial charge in [0.2, 0.25) is 11.5 Å². The Morgan fingerprint density at radius 1 is 0.944 bits per heavy atom. The van der Waals surface area contributed by atoms with Gasteiger partial charge in [-0.1, -0.05) is 48.0 Å². The van der Waals surface area contributed by atoms with Crippen LogP contribution in [0.1, 0.15) is 32.9 Å². The minimum absolute atomic E-state index is 0.104. The largest absolute Gasteiger partial charge is 0.418 e. The number of para-hydroxylation sites is 1. The third-order valence-corrected chi connectivity index (χ3v) is 5.84. The maximum atomic E-state index is 13.5. The number of carbonyl (C=O) groups excluding carboxylic acids is 1. The third-order valence-electron chi connectivity index (χ3n) is 5.84. The number of amides is 1. The molecule has 7 nitrogen and oxygen atoms in total. The Morgan fingerprint density at radius 2 is 1.64 bits per heavy atom. The van der Waals surface area contributed by atoms with Gasteiger partial charge in [0.1, 0.15) is 0 Å². The van der Waals surface area contributed by atoms with E-state index in [1.807, 2.05) is 50.2 Å². The fourth-order valence-corrected chi connectivity index (χ4v) is 4.02. The zero-order valence-corrected chi connectivity index (χ0v) is 19.3. The molecular formula is C26H20F3N5O2. The van der Waals surface area contributed by atoms with Crippen LogP contribution in [0, 0.1) is 13.8 Å². The molecule has 1 amide bonds. The van der Waals surface area contributed by atoms with E-state index in [0.717, 1.165) is 28.8 Å². The van der Waals surface area contributed by atoms with E-state index < -0.39 is 34.7 Å². The first-order valence-electron chi connectivity index (χ1n) is 11.0.